The molecule has 72 valence electrons. The molecule has 1 N–H and O–H groups in total. The molecule has 0 unspecified atom stereocenters. The Labute approximate surface area is 86.7 Å². The first-order valence-corrected chi connectivity index (χ1v) is 4.52. The van der Waals surface area contributed by atoms with Crippen LogP contribution >= 0.6 is 11.6 Å². The Morgan fingerprint density at radius 2 is 2.21 bits per heavy atom. The number of aromatic amines is 1. The number of hydrogen-bond donors (Lipinski definition) is 1. The fourth-order valence-electron chi connectivity index (χ4n) is 1.25. The molecule has 14 heavy (non-hydrogen) atoms. The van der Waals surface area contributed by atoms with E-state index >= 15 is 0 Å². The van der Waals surface area contributed by atoms with E-state index in [4.69, 9.17) is 16.3 Å². The summed E-state index contributed by atoms with van der Waals surface area (Å²) < 4.78 is 5.06. The standard InChI is InChI=1S/C10H9ClN2O/c1-14-10-3-2-7(4-9(10)11)8-5-12-13-6-8/h2-6H,1H3,(H,12,13). The minimum atomic E-state index is 0.603. The van der Waals surface area contributed by atoms with Crippen molar-refractivity contribution in [3.05, 3.63) is 35.6 Å². The summed E-state index contributed by atoms with van der Waals surface area (Å²) in [6, 6.07) is 5.63. The quantitative estimate of drug-likeness (QED) is 0.824. The van der Waals surface area contributed by atoms with Crippen LogP contribution in [0.4, 0.5) is 0 Å². The highest BCUT2D eigenvalue weighted by Crippen LogP contribution is 2.29. The summed E-state index contributed by atoms with van der Waals surface area (Å²) in [7, 11) is 1.60. The largest absolute Gasteiger partial charge is 0.495 e. The average molecular weight is 209 g/mol. The van der Waals surface area contributed by atoms with E-state index in [2.05, 4.69) is 10.2 Å². The molecule has 0 bridgehead atoms. The van der Waals surface area contributed by atoms with Crippen LogP contribution in [0.5, 0.6) is 5.75 Å². The molecule has 0 atom stereocenters. The van der Waals surface area contributed by atoms with E-state index in [1.807, 2.05) is 24.4 Å². The van der Waals surface area contributed by atoms with Crippen molar-refractivity contribution in [2.24, 2.45) is 0 Å². The lowest BCUT2D eigenvalue weighted by Crippen LogP contribution is -1.84. The first-order valence-electron chi connectivity index (χ1n) is 4.14. The number of ether oxygens (including phenoxy) is 1. The molecular formula is C10H9ClN2O. The molecule has 3 nitrogen and oxygen atoms in total. The Hall–Kier alpha value is -1.48. The molecule has 0 saturated carbocycles. The van der Waals surface area contributed by atoms with Crippen LogP contribution in [-0.4, -0.2) is 17.3 Å². The van der Waals surface area contributed by atoms with Gasteiger partial charge in [-0.25, -0.2) is 0 Å². The van der Waals surface area contributed by atoms with Gasteiger partial charge in [0.2, 0.25) is 0 Å². The van der Waals surface area contributed by atoms with E-state index in [-0.39, 0.29) is 0 Å². The summed E-state index contributed by atoms with van der Waals surface area (Å²) in [5.41, 5.74) is 2.03. The van der Waals surface area contributed by atoms with E-state index < -0.39 is 0 Å². The van der Waals surface area contributed by atoms with Crippen LogP contribution in [-0.2, 0) is 0 Å². The molecule has 0 radical (unpaired) electrons. The molecule has 2 aromatic rings. The van der Waals surface area contributed by atoms with E-state index in [0.717, 1.165) is 11.1 Å². The smallest absolute Gasteiger partial charge is 0.137 e. The van der Waals surface area contributed by atoms with Gasteiger partial charge >= 0.3 is 0 Å². The van der Waals surface area contributed by atoms with Gasteiger partial charge in [-0.15, -0.1) is 0 Å². The molecule has 0 aliphatic rings. The highest BCUT2D eigenvalue weighted by atomic mass is 35.5. The van der Waals surface area contributed by atoms with Crippen LogP contribution in [0, 0.1) is 0 Å². The second-order valence-corrected chi connectivity index (χ2v) is 3.24. The monoisotopic (exact) mass is 208 g/mol. The van der Waals surface area contributed by atoms with Crippen molar-refractivity contribution < 1.29 is 4.74 Å². The van der Waals surface area contributed by atoms with Crippen LogP contribution in [0.3, 0.4) is 0 Å². The summed E-state index contributed by atoms with van der Waals surface area (Å²) in [5.74, 6) is 0.680. The van der Waals surface area contributed by atoms with E-state index in [0.29, 0.717) is 10.8 Å². The van der Waals surface area contributed by atoms with Gasteiger partial charge in [-0.1, -0.05) is 17.7 Å². The Morgan fingerprint density at radius 3 is 2.79 bits per heavy atom. The normalized spacial score (nSPS) is 10.1. The first kappa shape index (κ1) is 9.09. The first-order chi connectivity index (χ1) is 6.81. The average Bonchev–Trinajstić information content (AvgIpc) is 2.70. The molecular weight excluding hydrogens is 200 g/mol. The molecule has 1 aromatic heterocycles. The molecule has 1 aromatic carbocycles. The van der Waals surface area contributed by atoms with Crippen molar-refractivity contribution in [2.45, 2.75) is 0 Å². The third-order valence-corrected chi connectivity index (χ3v) is 2.28. The van der Waals surface area contributed by atoms with Gasteiger partial charge in [-0.3, -0.25) is 5.10 Å². The fourth-order valence-corrected chi connectivity index (χ4v) is 1.51. The number of H-pyrrole nitrogens is 1. The molecule has 0 amide bonds. The number of benzene rings is 1. The van der Waals surface area contributed by atoms with Crippen molar-refractivity contribution in [1.82, 2.24) is 10.2 Å². The lowest BCUT2D eigenvalue weighted by atomic mass is 10.1. The predicted molar refractivity (Wildman–Crippen MR) is 55.6 cm³/mol. The molecule has 2 rings (SSSR count). The summed E-state index contributed by atoms with van der Waals surface area (Å²) in [6.07, 6.45) is 3.57. The number of halogens is 1. The number of methoxy groups -OCH3 is 1. The second kappa shape index (κ2) is 3.72. The zero-order chi connectivity index (χ0) is 9.97. The Bertz CT molecular complexity index is 426. The van der Waals surface area contributed by atoms with E-state index in [1.165, 1.54) is 0 Å². The topological polar surface area (TPSA) is 37.9 Å². The molecule has 0 spiro atoms. The predicted octanol–water partition coefficient (Wildman–Crippen LogP) is 2.74. The highest BCUT2D eigenvalue weighted by Gasteiger charge is 2.03. The Balaban J connectivity index is 2.43. The zero-order valence-electron chi connectivity index (χ0n) is 7.62. The van der Waals surface area contributed by atoms with Crippen molar-refractivity contribution in [1.29, 1.82) is 0 Å². The van der Waals surface area contributed by atoms with Gasteiger partial charge in [-0.2, -0.15) is 5.10 Å². The van der Waals surface area contributed by atoms with Crippen LogP contribution in [0.15, 0.2) is 30.6 Å². The second-order valence-electron chi connectivity index (χ2n) is 2.84. The van der Waals surface area contributed by atoms with Gasteiger partial charge in [0.05, 0.1) is 18.3 Å². The third-order valence-electron chi connectivity index (χ3n) is 1.98. The van der Waals surface area contributed by atoms with Crippen LogP contribution in [0.2, 0.25) is 5.02 Å². The molecule has 0 aliphatic heterocycles. The number of hydrogen-bond acceptors (Lipinski definition) is 2. The third kappa shape index (κ3) is 1.59. The number of nitrogens with zero attached hydrogens (tertiary/aromatic N) is 1. The Kier molecular flexibility index (Phi) is 2.41. The molecule has 4 heteroatoms. The van der Waals surface area contributed by atoms with Crippen molar-refractivity contribution >= 4 is 11.6 Å². The number of rotatable bonds is 2. The van der Waals surface area contributed by atoms with E-state index in [1.54, 1.807) is 13.3 Å². The number of nitrogens with one attached hydrogen (secondary N) is 1. The van der Waals surface area contributed by atoms with Gasteiger partial charge in [0.15, 0.2) is 0 Å². The van der Waals surface area contributed by atoms with Gasteiger partial charge in [0, 0.05) is 11.8 Å². The SMILES string of the molecule is COc1ccc(-c2cn[nH]c2)cc1Cl. The van der Waals surface area contributed by atoms with E-state index in [9.17, 15) is 0 Å². The lowest BCUT2D eigenvalue weighted by molar-refractivity contribution is 0.415. The fraction of sp³-hybridized carbons (Fsp3) is 0.100. The summed E-state index contributed by atoms with van der Waals surface area (Å²) >= 11 is 5.99. The summed E-state index contributed by atoms with van der Waals surface area (Å²) in [5, 5.41) is 7.23. The van der Waals surface area contributed by atoms with Gasteiger partial charge < -0.3 is 4.74 Å². The molecule has 0 saturated heterocycles. The molecule has 1 heterocycles. The molecule has 0 aliphatic carbocycles. The van der Waals surface area contributed by atoms with Gasteiger partial charge in [-0.05, 0) is 17.7 Å². The number of aromatic nitrogens is 2. The molecule has 0 fully saturated rings. The summed E-state index contributed by atoms with van der Waals surface area (Å²) in [4.78, 5) is 0. The summed E-state index contributed by atoms with van der Waals surface area (Å²) in [6.45, 7) is 0. The van der Waals surface area contributed by atoms with Gasteiger partial charge in [0.1, 0.15) is 5.75 Å². The van der Waals surface area contributed by atoms with Crippen molar-refractivity contribution in [3.63, 3.8) is 0 Å². The van der Waals surface area contributed by atoms with Crippen LogP contribution < -0.4 is 4.74 Å². The van der Waals surface area contributed by atoms with Crippen molar-refractivity contribution in [2.75, 3.05) is 7.11 Å². The minimum absolute atomic E-state index is 0.603. The highest BCUT2D eigenvalue weighted by molar-refractivity contribution is 6.32. The maximum atomic E-state index is 5.99. The maximum Gasteiger partial charge on any atom is 0.137 e. The lowest BCUT2D eigenvalue weighted by Gasteiger charge is -2.03. The maximum absolute atomic E-state index is 5.99. The Morgan fingerprint density at radius 1 is 1.36 bits per heavy atom. The minimum Gasteiger partial charge on any atom is -0.495 e. The van der Waals surface area contributed by atoms with Crippen LogP contribution in [0.1, 0.15) is 0 Å². The van der Waals surface area contributed by atoms with Crippen molar-refractivity contribution in [3.8, 4) is 16.9 Å². The van der Waals surface area contributed by atoms with Crippen LogP contribution in [0.25, 0.3) is 11.1 Å². The van der Waals surface area contributed by atoms with Gasteiger partial charge in [0.25, 0.3) is 0 Å². The zero-order valence-corrected chi connectivity index (χ0v) is 8.38.